The van der Waals surface area contributed by atoms with Crippen LogP contribution in [0.5, 0.6) is 11.5 Å². The van der Waals surface area contributed by atoms with Gasteiger partial charge in [0.05, 0.1) is 6.61 Å². The minimum atomic E-state index is -0.346. The van der Waals surface area contributed by atoms with E-state index in [4.69, 9.17) is 14.3 Å². The van der Waals surface area contributed by atoms with Crippen molar-refractivity contribution in [3.8, 4) is 11.5 Å². The van der Waals surface area contributed by atoms with Gasteiger partial charge in [-0.2, -0.15) is 0 Å². The van der Waals surface area contributed by atoms with Crippen molar-refractivity contribution in [1.29, 1.82) is 0 Å². The zero-order chi connectivity index (χ0) is 17.0. The maximum Gasteiger partial charge on any atom is 0.281 e. The number of fused-ring (bicyclic) bond motifs is 1. The van der Waals surface area contributed by atoms with E-state index < -0.39 is 0 Å². The fourth-order valence-electron chi connectivity index (χ4n) is 2.65. The number of rotatable bonds is 6. The van der Waals surface area contributed by atoms with Crippen LogP contribution in [-0.4, -0.2) is 18.1 Å². The second-order valence-electron chi connectivity index (χ2n) is 6.37. The van der Waals surface area contributed by atoms with E-state index in [1.54, 1.807) is 6.07 Å². The lowest BCUT2D eigenvalue weighted by molar-refractivity contribution is -0.136. The summed E-state index contributed by atoms with van der Waals surface area (Å²) in [6, 6.07) is 15.3. The molecule has 0 aromatic heterocycles. The fourth-order valence-corrected chi connectivity index (χ4v) is 2.65. The van der Waals surface area contributed by atoms with Crippen LogP contribution in [0.3, 0.4) is 0 Å². The van der Waals surface area contributed by atoms with Crippen molar-refractivity contribution in [3.63, 3.8) is 0 Å². The average molecular weight is 327 g/mol. The Morgan fingerprint density at radius 1 is 1.17 bits per heavy atom. The molecule has 2 aromatic carbocycles. The van der Waals surface area contributed by atoms with E-state index in [1.165, 1.54) is 0 Å². The normalized spacial score (nSPS) is 14.6. The van der Waals surface area contributed by atoms with E-state index in [0.29, 0.717) is 12.4 Å². The summed E-state index contributed by atoms with van der Waals surface area (Å²) < 4.78 is 11.5. The predicted molar refractivity (Wildman–Crippen MR) is 89.7 cm³/mol. The number of hydroxylamine groups is 1. The summed E-state index contributed by atoms with van der Waals surface area (Å²) in [7, 11) is 0. The molecule has 1 aliphatic rings. The van der Waals surface area contributed by atoms with Crippen molar-refractivity contribution in [1.82, 2.24) is 5.48 Å². The standard InChI is InChI=1S/C19H21NO4/c1-19(2)11-15-9-6-10-16(18(15)24-19)22-13-17(21)20-23-12-14-7-4-3-5-8-14/h3-10H,11-13H2,1-2H3,(H,20,21). The van der Waals surface area contributed by atoms with Crippen LogP contribution in [0.15, 0.2) is 48.5 Å². The molecule has 2 aromatic rings. The van der Waals surface area contributed by atoms with Gasteiger partial charge in [0, 0.05) is 12.0 Å². The van der Waals surface area contributed by atoms with E-state index in [0.717, 1.165) is 23.3 Å². The fraction of sp³-hybridized carbons (Fsp3) is 0.316. The number of nitrogens with one attached hydrogen (secondary N) is 1. The third kappa shape index (κ3) is 4.06. The van der Waals surface area contributed by atoms with Gasteiger partial charge in [-0.1, -0.05) is 42.5 Å². The third-order valence-corrected chi connectivity index (χ3v) is 3.68. The maximum absolute atomic E-state index is 11.8. The Morgan fingerprint density at radius 3 is 2.75 bits per heavy atom. The van der Waals surface area contributed by atoms with Gasteiger partial charge in [0.25, 0.3) is 5.91 Å². The lowest BCUT2D eigenvalue weighted by Gasteiger charge is -2.18. The molecule has 0 saturated heterocycles. The zero-order valence-electron chi connectivity index (χ0n) is 13.9. The number of ether oxygens (including phenoxy) is 2. The predicted octanol–water partition coefficient (Wildman–Crippen LogP) is 3.03. The highest BCUT2D eigenvalue weighted by atomic mass is 16.7. The molecule has 1 amide bonds. The Morgan fingerprint density at radius 2 is 1.96 bits per heavy atom. The molecule has 0 radical (unpaired) electrons. The summed E-state index contributed by atoms with van der Waals surface area (Å²) in [5.74, 6) is 0.956. The molecule has 0 fully saturated rings. The molecular formula is C19H21NO4. The molecular weight excluding hydrogens is 306 g/mol. The first kappa shape index (κ1) is 16.3. The van der Waals surface area contributed by atoms with Gasteiger partial charge in [-0.25, -0.2) is 5.48 Å². The van der Waals surface area contributed by atoms with Gasteiger partial charge in [-0.05, 0) is 25.5 Å². The molecule has 1 heterocycles. The Bertz CT molecular complexity index is 713. The summed E-state index contributed by atoms with van der Waals surface area (Å²) in [5.41, 5.74) is 4.21. The second-order valence-corrected chi connectivity index (χ2v) is 6.37. The second kappa shape index (κ2) is 6.93. The van der Waals surface area contributed by atoms with Gasteiger partial charge in [0.2, 0.25) is 0 Å². The third-order valence-electron chi connectivity index (χ3n) is 3.68. The van der Waals surface area contributed by atoms with Crippen LogP contribution in [0, 0.1) is 0 Å². The Balaban J connectivity index is 1.48. The first-order valence-electron chi connectivity index (χ1n) is 7.92. The Hall–Kier alpha value is -2.53. The van der Waals surface area contributed by atoms with Crippen molar-refractivity contribution in [2.45, 2.75) is 32.5 Å². The Kier molecular flexibility index (Phi) is 4.71. The van der Waals surface area contributed by atoms with Gasteiger partial charge in [0.15, 0.2) is 18.1 Å². The van der Waals surface area contributed by atoms with Crippen LogP contribution in [0.25, 0.3) is 0 Å². The molecule has 0 bridgehead atoms. The van der Waals surface area contributed by atoms with Crippen LogP contribution < -0.4 is 15.0 Å². The largest absolute Gasteiger partial charge is 0.483 e. The van der Waals surface area contributed by atoms with E-state index in [9.17, 15) is 4.79 Å². The Labute approximate surface area is 141 Å². The summed E-state index contributed by atoms with van der Waals surface area (Å²) >= 11 is 0. The van der Waals surface area contributed by atoms with E-state index in [2.05, 4.69) is 5.48 Å². The van der Waals surface area contributed by atoms with Gasteiger partial charge < -0.3 is 9.47 Å². The molecule has 0 atom stereocenters. The van der Waals surface area contributed by atoms with Crippen LogP contribution in [-0.2, 0) is 22.7 Å². The van der Waals surface area contributed by atoms with Crippen LogP contribution in [0.1, 0.15) is 25.0 Å². The maximum atomic E-state index is 11.8. The number of carbonyl (C=O) groups excluding carboxylic acids is 1. The molecule has 0 unspecified atom stereocenters. The number of benzene rings is 2. The first-order valence-corrected chi connectivity index (χ1v) is 7.92. The molecule has 0 spiro atoms. The van der Waals surface area contributed by atoms with Crippen molar-refractivity contribution < 1.29 is 19.1 Å². The van der Waals surface area contributed by atoms with Gasteiger partial charge in [-0.3, -0.25) is 9.63 Å². The molecule has 3 rings (SSSR count). The quantitative estimate of drug-likeness (QED) is 0.829. The molecule has 24 heavy (non-hydrogen) atoms. The summed E-state index contributed by atoms with van der Waals surface area (Å²) in [5, 5.41) is 0. The van der Waals surface area contributed by atoms with Crippen LogP contribution >= 0.6 is 0 Å². The van der Waals surface area contributed by atoms with Crippen molar-refractivity contribution in [2.75, 3.05) is 6.61 Å². The highest BCUT2D eigenvalue weighted by molar-refractivity contribution is 5.76. The molecule has 0 aliphatic carbocycles. The number of carbonyl (C=O) groups is 1. The average Bonchev–Trinajstić information content (AvgIpc) is 2.88. The molecule has 0 saturated carbocycles. The van der Waals surface area contributed by atoms with Crippen molar-refractivity contribution in [3.05, 3.63) is 59.7 Å². The minimum absolute atomic E-state index is 0.130. The molecule has 1 aliphatic heterocycles. The zero-order valence-corrected chi connectivity index (χ0v) is 13.9. The van der Waals surface area contributed by atoms with Gasteiger partial charge in [0.1, 0.15) is 5.60 Å². The minimum Gasteiger partial charge on any atom is -0.483 e. The molecule has 5 heteroatoms. The van der Waals surface area contributed by atoms with Crippen molar-refractivity contribution in [2.24, 2.45) is 0 Å². The van der Waals surface area contributed by atoms with Gasteiger partial charge >= 0.3 is 0 Å². The highest BCUT2D eigenvalue weighted by Gasteiger charge is 2.32. The molecule has 126 valence electrons. The number of amides is 1. The molecule has 1 N–H and O–H groups in total. The SMILES string of the molecule is CC1(C)Cc2cccc(OCC(=O)NOCc3ccccc3)c2O1. The van der Waals surface area contributed by atoms with Gasteiger partial charge in [-0.15, -0.1) is 0 Å². The lowest BCUT2D eigenvalue weighted by Crippen LogP contribution is -2.29. The van der Waals surface area contributed by atoms with Crippen LogP contribution in [0.2, 0.25) is 0 Å². The lowest BCUT2D eigenvalue weighted by atomic mass is 10.0. The van der Waals surface area contributed by atoms with E-state index in [1.807, 2.05) is 56.3 Å². The summed E-state index contributed by atoms with van der Waals surface area (Å²) in [6.07, 6.45) is 0.825. The monoisotopic (exact) mass is 327 g/mol. The first-order chi connectivity index (χ1) is 11.5. The van der Waals surface area contributed by atoms with Crippen molar-refractivity contribution >= 4 is 5.91 Å². The topological polar surface area (TPSA) is 56.8 Å². The molecule has 5 nitrogen and oxygen atoms in total. The number of hydrogen-bond donors (Lipinski definition) is 1. The van der Waals surface area contributed by atoms with Crippen LogP contribution in [0.4, 0.5) is 0 Å². The highest BCUT2D eigenvalue weighted by Crippen LogP contribution is 2.41. The van der Waals surface area contributed by atoms with E-state index >= 15 is 0 Å². The summed E-state index contributed by atoms with van der Waals surface area (Å²) in [6.45, 7) is 4.24. The van der Waals surface area contributed by atoms with E-state index in [-0.39, 0.29) is 18.1 Å². The summed E-state index contributed by atoms with van der Waals surface area (Å²) in [4.78, 5) is 17.0. The smallest absolute Gasteiger partial charge is 0.281 e. The number of hydrogen-bond acceptors (Lipinski definition) is 4. The number of para-hydroxylation sites is 1.